The van der Waals surface area contributed by atoms with Crippen LogP contribution in [0.15, 0.2) is 426 Å². The fourth-order valence-electron chi connectivity index (χ4n) is 16.5. The fraction of sp³-hybridized carbons (Fsp3) is 0.00935. The number of nitrogens with zero attached hydrogens (tertiary/aromatic N) is 3. The van der Waals surface area contributed by atoms with Gasteiger partial charge in [0.05, 0.1) is 5.69 Å². The van der Waals surface area contributed by atoms with Gasteiger partial charge in [-0.2, -0.15) is 0 Å². The Hall–Kier alpha value is -12.3. The zero-order valence-corrected chi connectivity index (χ0v) is 69.9. The van der Waals surface area contributed by atoms with Crippen LogP contribution in [0.5, 0.6) is 0 Å². The summed E-state index contributed by atoms with van der Waals surface area (Å²) in [6.07, 6.45) is 0.935. The second-order valence-corrected chi connectivity index (χ2v) is 34.9. The molecule has 0 aliphatic heterocycles. The van der Waals surface area contributed by atoms with Gasteiger partial charge in [0.2, 0.25) is 0 Å². The minimum atomic E-state index is 0.935. The third-order valence-corrected chi connectivity index (χ3v) is 27.3. The van der Waals surface area contributed by atoms with Crippen molar-refractivity contribution in [1.29, 1.82) is 0 Å². The Morgan fingerprint density at radius 1 is 0.224 bits per heavy atom. The summed E-state index contributed by atoms with van der Waals surface area (Å²) in [5.41, 5.74) is 25.6. The summed E-state index contributed by atoms with van der Waals surface area (Å²) in [4.78, 5) is 7.12. The average molecular weight is 1730 g/mol. The van der Waals surface area contributed by atoms with Gasteiger partial charge in [-0.05, 0) is 229 Å². The van der Waals surface area contributed by atoms with Crippen molar-refractivity contribution in [2.75, 3.05) is 14.7 Å². The monoisotopic (exact) mass is 1730 g/mol. The first-order valence-electron chi connectivity index (χ1n) is 38.8. The van der Waals surface area contributed by atoms with Crippen LogP contribution in [0.1, 0.15) is 11.1 Å². The largest absolute Gasteiger partial charge is 0.311 e. The first kappa shape index (κ1) is 72.7. The van der Waals surface area contributed by atoms with Crippen LogP contribution in [0, 0.1) is 0 Å². The zero-order valence-electron chi connectivity index (χ0n) is 62.7. The molecule has 0 spiro atoms. The number of rotatable bonds is 13. The summed E-state index contributed by atoms with van der Waals surface area (Å²) in [5.74, 6) is 0. The van der Waals surface area contributed by atoms with Crippen molar-refractivity contribution in [2.24, 2.45) is 0 Å². The molecule has 21 aromatic rings. The van der Waals surface area contributed by atoms with E-state index in [9.17, 15) is 0 Å². The lowest BCUT2D eigenvalue weighted by atomic mass is 9.95. The number of halogens is 3. The SMILES string of the molecule is Brc1ccc(-c2ccc(N(c3ccc4c(c3)sc3ccccc34)c3ccc4c(c3)sc3ccccc34)cc2)cc1.Brc1ccc(-c2ccc(N(c3ccccc3)c3ccc(-c4cccc5c4sc4ccccc45)cc3)cc2)cc1.Brc1ccccc1-c1ccc(N(c2ccccc2)c2cc3ccccc3c3c2Cc2ccccc2-3)cc1. The standard InChI is InChI=1S/C36H22BrNS2.C36H24BrNS.C35H24BrN/c37-25-13-9-23(10-14-25)24-11-15-26(16-12-24)38(27-17-19-31-29-5-1-3-7-33(29)39-35(31)21-27)28-18-20-32-30-6-2-4-8-34(30)40-36(32)22-28;37-28-19-13-25(14-20-28)26-15-21-30(22-16-26)38(29-7-2-1-3-8-29)31-23-17-27(18-24-31)32-10-6-11-34-33-9-4-5-12-35(33)39-36(32)34;36-33-17-9-8-14-29(33)24-18-20-28(21-19-24)37(27-12-2-1-3-13-27)34-23-26-11-5-7-16-31(26)35-30-15-6-4-10-25(30)22-32(34)35/h1-22H;1-24H;1-21,23H,22H2. The molecule has 0 N–H and O–H groups in total. The summed E-state index contributed by atoms with van der Waals surface area (Å²) < 4.78 is 11.2. The number of benzene rings is 18. The maximum Gasteiger partial charge on any atom is 0.0509 e. The molecule has 0 radical (unpaired) electrons. The van der Waals surface area contributed by atoms with Gasteiger partial charge >= 0.3 is 0 Å². The van der Waals surface area contributed by atoms with Crippen LogP contribution < -0.4 is 14.7 Å². The normalized spacial score (nSPS) is 11.5. The Morgan fingerprint density at radius 2 is 0.578 bits per heavy atom. The van der Waals surface area contributed by atoms with Crippen molar-refractivity contribution >= 4 is 204 Å². The molecule has 22 rings (SSSR count). The molecule has 0 saturated heterocycles. The Morgan fingerprint density at radius 3 is 1.10 bits per heavy atom. The van der Waals surface area contributed by atoms with Gasteiger partial charge in [0.1, 0.15) is 0 Å². The van der Waals surface area contributed by atoms with Gasteiger partial charge < -0.3 is 14.7 Å². The van der Waals surface area contributed by atoms with Crippen molar-refractivity contribution in [3.63, 3.8) is 0 Å². The highest BCUT2D eigenvalue weighted by molar-refractivity contribution is 9.11. The highest BCUT2D eigenvalue weighted by Gasteiger charge is 2.28. The minimum absolute atomic E-state index is 0.935. The topological polar surface area (TPSA) is 9.72 Å². The molecule has 1 aliphatic carbocycles. The maximum absolute atomic E-state index is 3.71. The number of hydrogen-bond donors (Lipinski definition) is 0. The van der Waals surface area contributed by atoms with E-state index in [1.54, 1.807) is 0 Å². The predicted molar refractivity (Wildman–Crippen MR) is 513 cm³/mol. The number of hydrogen-bond acceptors (Lipinski definition) is 6. The summed E-state index contributed by atoms with van der Waals surface area (Å²) in [6.45, 7) is 0. The third-order valence-electron chi connectivity index (χ3n) is 22.1. The van der Waals surface area contributed by atoms with Crippen LogP contribution >= 0.6 is 81.8 Å². The number of thiophene rings is 3. The van der Waals surface area contributed by atoms with Crippen molar-refractivity contribution in [1.82, 2.24) is 0 Å². The van der Waals surface area contributed by atoms with Crippen molar-refractivity contribution in [3.05, 3.63) is 437 Å². The van der Waals surface area contributed by atoms with E-state index in [0.717, 1.165) is 65.3 Å². The highest BCUT2D eigenvalue weighted by atomic mass is 79.9. The molecule has 3 aromatic heterocycles. The third kappa shape index (κ3) is 14.2. The van der Waals surface area contributed by atoms with Crippen LogP contribution in [-0.4, -0.2) is 0 Å². The van der Waals surface area contributed by atoms with E-state index in [2.05, 4.69) is 475 Å². The lowest BCUT2D eigenvalue weighted by Gasteiger charge is -2.28. The minimum Gasteiger partial charge on any atom is -0.311 e. The van der Waals surface area contributed by atoms with Gasteiger partial charge in [-0.15, -0.1) is 34.0 Å². The van der Waals surface area contributed by atoms with Gasteiger partial charge in [-0.1, -0.05) is 309 Å². The van der Waals surface area contributed by atoms with Gasteiger partial charge in [-0.25, -0.2) is 0 Å². The smallest absolute Gasteiger partial charge is 0.0509 e. The molecular formula is C107H70Br3N3S3. The molecule has 116 heavy (non-hydrogen) atoms. The summed E-state index contributed by atoms with van der Waals surface area (Å²) in [7, 11) is 0. The molecule has 0 atom stereocenters. The van der Waals surface area contributed by atoms with Gasteiger partial charge in [0, 0.05) is 126 Å². The Bertz CT molecular complexity index is 7070. The molecule has 9 heteroatoms. The van der Waals surface area contributed by atoms with Gasteiger partial charge in [-0.3, -0.25) is 0 Å². The molecule has 0 saturated carbocycles. The number of anilines is 9. The van der Waals surface area contributed by atoms with Crippen molar-refractivity contribution < 1.29 is 0 Å². The molecule has 0 fully saturated rings. The first-order chi connectivity index (χ1) is 57.2. The quantitative estimate of drug-likeness (QED) is 0.114. The van der Waals surface area contributed by atoms with Crippen LogP contribution in [0.4, 0.5) is 51.2 Å². The molecule has 3 heterocycles. The van der Waals surface area contributed by atoms with E-state index in [0.29, 0.717) is 0 Å². The highest BCUT2D eigenvalue weighted by Crippen LogP contribution is 2.51. The van der Waals surface area contributed by atoms with Crippen molar-refractivity contribution in [2.45, 2.75) is 6.42 Å². The second kappa shape index (κ2) is 31.8. The molecule has 0 amide bonds. The molecule has 18 aromatic carbocycles. The van der Waals surface area contributed by atoms with Gasteiger partial charge in [0.25, 0.3) is 0 Å². The molecule has 3 nitrogen and oxygen atoms in total. The first-order valence-corrected chi connectivity index (χ1v) is 43.6. The molecule has 552 valence electrons. The van der Waals surface area contributed by atoms with E-state index >= 15 is 0 Å². The van der Waals surface area contributed by atoms with Crippen molar-refractivity contribution in [3.8, 4) is 55.6 Å². The van der Waals surface area contributed by atoms with Crippen LogP contribution in [0.3, 0.4) is 0 Å². The van der Waals surface area contributed by atoms with E-state index in [-0.39, 0.29) is 0 Å². The second-order valence-electron chi connectivity index (χ2n) is 29.0. The lowest BCUT2D eigenvalue weighted by Crippen LogP contribution is -2.12. The Balaban J connectivity index is 0.000000112. The molecule has 0 unspecified atom stereocenters. The summed E-state index contributed by atoms with van der Waals surface area (Å²) in [5, 5.41) is 10.5. The van der Waals surface area contributed by atoms with Crippen LogP contribution in [-0.2, 0) is 6.42 Å². The van der Waals surface area contributed by atoms with E-state index in [4.69, 9.17) is 0 Å². The summed E-state index contributed by atoms with van der Waals surface area (Å²) >= 11 is 16.4. The average Bonchev–Trinajstić information content (AvgIpc) is 1.53. The Kier molecular flexibility index (Phi) is 19.9. The molecule has 0 bridgehead atoms. The van der Waals surface area contributed by atoms with Crippen LogP contribution in [0.2, 0.25) is 0 Å². The number of para-hydroxylation sites is 2. The van der Waals surface area contributed by atoms with Gasteiger partial charge in [0.15, 0.2) is 0 Å². The van der Waals surface area contributed by atoms with E-state index < -0.39 is 0 Å². The maximum atomic E-state index is 3.71. The van der Waals surface area contributed by atoms with E-state index in [1.165, 1.54) is 144 Å². The number of fused-ring (bicyclic) bond motifs is 14. The van der Waals surface area contributed by atoms with Crippen LogP contribution in [0.25, 0.3) is 127 Å². The fourth-order valence-corrected chi connectivity index (χ4v) is 21.1. The zero-order chi connectivity index (χ0) is 77.6. The molecule has 1 aliphatic rings. The lowest BCUT2D eigenvalue weighted by molar-refractivity contribution is 1.20. The summed E-state index contributed by atoms with van der Waals surface area (Å²) in [6, 6.07) is 149. The Labute approximate surface area is 711 Å². The van der Waals surface area contributed by atoms with E-state index in [1.807, 2.05) is 34.0 Å². The predicted octanol–water partition coefficient (Wildman–Crippen LogP) is 34.3. The molecular weight excluding hydrogens is 1660 g/mol.